The first-order valence-electron chi connectivity index (χ1n) is 5.65. The molecule has 0 N–H and O–H groups in total. The number of nitrogens with zero attached hydrogens (tertiary/aromatic N) is 2. The van der Waals surface area contributed by atoms with Gasteiger partial charge in [0.2, 0.25) is 6.79 Å². The Hall–Kier alpha value is -2.08. The molecule has 1 aliphatic heterocycles. The molecule has 96 valence electrons. The fourth-order valence-electron chi connectivity index (χ4n) is 1.64. The van der Waals surface area contributed by atoms with Crippen molar-refractivity contribution in [2.24, 2.45) is 0 Å². The highest BCUT2D eigenvalue weighted by Gasteiger charge is 2.16. The number of benzene rings is 1. The Labute approximate surface area is 114 Å². The summed E-state index contributed by atoms with van der Waals surface area (Å²) >= 11 is 1.31. The fourth-order valence-corrected chi connectivity index (χ4v) is 2.34. The molecule has 2 heterocycles. The highest BCUT2D eigenvalue weighted by atomic mass is 32.2. The quantitative estimate of drug-likeness (QED) is 0.484. The van der Waals surface area contributed by atoms with E-state index in [1.165, 1.54) is 11.8 Å². The molecule has 2 aromatic rings. The van der Waals surface area contributed by atoms with Gasteiger partial charge in [0.15, 0.2) is 22.4 Å². The Morgan fingerprint density at radius 1 is 1.21 bits per heavy atom. The third kappa shape index (κ3) is 2.68. The maximum Gasteiger partial charge on any atom is 0.231 e. The molecule has 1 aromatic carbocycles. The fraction of sp³-hybridized carbons (Fsp3) is 0.154. The van der Waals surface area contributed by atoms with Crippen molar-refractivity contribution in [2.45, 2.75) is 5.16 Å². The van der Waals surface area contributed by atoms with E-state index in [1.54, 1.807) is 36.7 Å². The summed E-state index contributed by atoms with van der Waals surface area (Å²) in [6.45, 7) is 0.208. The van der Waals surface area contributed by atoms with Gasteiger partial charge in [-0.1, -0.05) is 11.8 Å². The van der Waals surface area contributed by atoms with Crippen LogP contribution in [0.4, 0.5) is 0 Å². The highest BCUT2D eigenvalue weighted by Crippen LogP contribution is 2.32. The Kier molecular flexibility index (Phi) is 3.33. The monoisotopic (exact) mass is 274 g/mol. The van der Waals surface area contributed by atoms with Crippen LogP contribution >= 0.6 is 11.8 Å². The molecule has 0 fully saturated rings. The first kappa shape index (κ1) is 12.0. The van der Waals surface area contributed by atoms with E-state index < -0.39 is 0 Å². The molecule has 0 bridgehead atoms. The van der Waals surface area contributed by atoms with Crippen molar-refractivity contribution < 1.29 is 14.3 Å². The summed E-state index contributed by atoms with van der Waals surface area (Å²) in [4.78, 5) is 20.2. The number of rotatable bonds is 4. The van der Waals surface area contributed by atoms with Crippen LogP contribution in [0.3, 0.4) is 0 Å². The molecule has 0 saturated carbocycles. The van der Waals surface area contributed by atoms with Gasteiger partial charge < -0.3 is 9.47 Å². The number of ketones is 1. The third-order valence-electron chi connectivity index (χ3n) is 2.57. The van der Waals surface area contributed by atoms with Crippen LogP contribution in [-0.4, -0.2) is 28.3 Å². The Bertz CT molecular complexity index is 604. The lowest BCUT2D eigenvalue weighted by atomic mass is 10.1. The van der Waals surface area contributed by atoms with Gasteiger partial charge in [-0.25, -0.2) is 9.97 Å². The second-order valence-corrected chi connectivity index (χ2v) is 4.75. The van der Waals surface area contributed by atoms with Crippen molar-refractivity contribution in [1.29, 1.82) is 0 Å². The van der Waals surface area contributed by atoms with Crippen molar-refractivity contribution in [1.82, 2.24) is 9.97 Å². The molecule has 1 aromatic heterocycles. The van der Waals surface area contributed by atoms with E-state index in [9.17, 15) is 4.79 Å². The number of aromatic nitrogens is 2. The van der Waals surface area contributed by atoms with Gasteiger partial charge in [-0.05, 0) is 24.3 Å². The van der Waals surface area contributed by atoms with Gasteiger partial charge in [-0.3, -0.25) is 4.79 Å². The minimum atomic E-state index is 0.00996. The molecular formula is C13H10N2O3S. The number of Topliss-reactive ketones (excluding diaryl/α,β-unsaturated/α-hetero) is 1. The first-order valence-corrected chi connectivity index (χ1v) is 6.64. The van der Waals surface area contributed by atoms with Crippen LogP contribution in [0, 0.1) is 0 Å². The molecule has 5 nitrogen and oxygen atoms in total. The van der Waals surface area contributed by atoms with Gasteiger partial charge in [-0.15, -0.1) is 0 Å². The van der Waals surface area contributed by atoms with Crippen LogP contribution in [0.1, 0.15) is 10.4 Å². The molecule has 3 rings (SSSR count). The zero-order chi connectivity index (χ0) is 13.1. The lowest BCUT2D eigenvalue weighted by Crippen LogP contribution is -2.03. The molecule has 0 spiro atoms. The van der Waals surface area contributed by atoms with E-state index in [-0.39, 0.29) is 12.6 Å². The normalized spacial score (nSPS) is 12.4. The Morgan fingerprint density at radius 2 is 2.00 bits per heavy atom. The molecule has 0 atom stereocenters. The molecule has 0 amide bonds. The number of hydrogen-bond acceptors (Lipinski definition) is 6. The number of thioether (sulfide) groups is 1. The summed E-state index contributed by atoms with van der Waals surface area (Å²) in [6.07, 6.45) is 3.31. The van der Waals surface area contributed by atoms with E-state index in [0.717, 1.165) is 0 Å². The van der Waals surface area contributed by atoms with Crippen LogP contribution in [0.25, 0.3) is 0 Å². The predicted molar refractivity (Wildman–Crippen MR) is 69.7 cm³/mol. The summed E-state index contributed by atoms with van der Waals surface area (Å²) in [5.74, 6) is 1.60. The minimum absolute atomic E-state index is 0.00996. The van der Waals surface area contributed by atoms with Gasteiger partial charge >= 0.3 is 0 Å². The molecule has 0 saturated heterocycles. The van der Waals surface area contributed by atoms with E-state index >= 15 is 0 Å². The molecule has 0 unspecified atom stereocenters. The molecule has 0 aliphatic carbocycles. The summed E-state index contributed by atoms with van der Waals surface area (Å²) in [7, 11) is 0. The number of carbonyl (C=O) groups excluding carboxylic acids is 1. The van der Waals surface area contributed by atoms with Gasteiger partial charge in [-0.2, -0.15) is 0 Å². The van der Waals surface area contributed by atoms with E-state index in [4.69, 9.17) is 9.47 Å². The third-order valence-corrected chi connectivity index (χ3v) is 3.44. The summed E-state index contributed by atoms with van der Waals surface area (Å²) in [5, 5.41) is 0.594. The van der Waals surface area contributed by atoms with Crippen molar-refractivity contribution in [3.05, 3.63) is 42.2 Å². The van der Waals surface area contributed by atoms with Crippen molar-refractivity contribution in [3.63, 3.8) is 0 Å². The molecule has 19 heavy (non-hydrogen) atoms. The molecule has 1 aliphatic rings. The van der Waals surface area contributed by atoms with E-state index in [1.807, 2.05) is 0 Å². The highest BCUT2D eigenvalue weighted by molar-refractivity contribution is 7.99. The van der Waals surface area contributed by atoms with E-state index in [0.29, 0.717) is 28.0 Å². The average molecular weight is 274 g/mol. The summed E-state index contributed by atoms with van der Waals surface area (Å²) in [6, 6.07) is 6.93. The Morgan fingerprint density at radius 3 is 2.84 bits per heavy atom. The van der Waals surface area contributed by atoms with Crippen molar-refractivity contribution in [2.75, 3.05) is 12.5 Å². The number of ether oxygens (including phenoxy) is 2. The van der Waals surface area contributed by atoms with Gasteiger partial charge in [0.05, 0.1) is 5.75 Å². The van der Waals surface area contributed by atoms with Gasteiger partial charge in [0, 0.05) is 18.0 Å². The van der Waals surface area contributed by atoms with Crippen LogP contribution in [0.5, 0.6) is 11.5 Å². The molecule has 0 radical (unpaired) electrons. The van der Waals surface area contributed by atoms with Crippen LogP contribution < -0.4 is 9.47 Å². The first-order chi connectivity index (χ1) is 9.33. The topological polar surface area (TPSA) is 61.3 Å². The Balaban J connectivity index is 1.67. The average Bonchev–Trinajstić information content (AvgIpc) is 2.93. The maximum atomic E-state index is 12.0. The zero-order valence-corrected chi connectivity index (χ0v) is 10.7. The van der Waals surface area contributed by atoms with Crippen molar-refractivity contribution in [3.8, 4) is 11.5 Å². The van der Waals surface area contributed by atoms with Crippen LogP contribution in [0.2, 0.25) is 0 Å². The smallest absolute Gasteiger partial charge is 0.231 e. The SMILES string of the molecule is O=C(CSc1ncccn1)c1ccc2c(c1)OCO2. The largest absolute Gasteiger partial charge is 0.454 e. The van der Waals surface area contributed by atoms with Gasteiger partial charge in [0.1, 0.15) is 0 Å². The van der Waals surface area contributed by atoms with Crippen LogP contribution in [-0.2, 0) is 0 Å². The number of hydrogen-bond donors (Lipinski definition) is 0. The lowest BCUT2D eigenvalue weighted by Gasteiger charge is -2.02. The second kappa shape index (κ2) is 5.27. The standard InChI is InChI=1S/C13H10N2O3S/c16-10(7-19-13-14-4-1-5-15-13)9-2-3-11-12(6-9)18-8-17-11/h1-6H,7-8H2. The molecular weight excluding hydrogens is 264 g/mol. The summed E-state index contributed by atoms with van der Waals surface area (Å²) in [5.41, 5.74) is 0.604. The number of carbonyl (C=O) groups is 1. The maximum absolute atomic E-state index is 12.0. The zero-order valence-electron chi connectivity index (χ0n) is 9.91. The second-order valence-electron chi connectivity index (χ2n) is 3.81. The van der Waals surface area contributed by atoms with E-state index in [2.05, 4.69) is 9.97 Å². The van der Waals surface area contributed by atoms with Crippen molar-refractivity contribution >= 4 is 17.5 Å². The summed E-state index contributed by atoms with van der Waals surface area (Å²) < 4.78 is 10.4. The number of fused-ring (bicyclic) bond motifs is 1. The lowest BCUT2D eigenvalue weighted by molar-refractivity contribution is 0.102. The van der Waals surface area contributed by atoms with Crippen LogP contribution in [0.15, 0.2) is 41.8 Å². The van der Waals surface area contributed by atoms with Gasteiger partial charge in [0.25, 0.3) is 0 Å². The molecule has 6 heteroatoms. The minimum Gasteiger partial charge on any atom is -0.454 e. The predicted octanol–water partition coefficient (Wildman–Crippen LogP) is 2.18.